The summed E-state index contributed by atoms with van der Waals surface area (Å²) < 4.78 is 0. The molecule has 0 aromatic heterocycles. The molecule has 1 aliphatic heterocycles. The standard InChI is InChI=1S/C19H24N2/c1-15-5-7-16(8-6-15)13-20-14-17-9-10-19-18(12-17)4-3-11-21(19)2/h5-10,12,20H,3-4,11,13-14H2,1-2H3. The second-order valence-corrected chi connectivity index (χ2v) is 6.08. The summed E-state index contributed by atoms with van der Waals surface area (Å²) in [4.78, 5) is 2.36. The highest BCUT2D eigenvalue weighted by atomic mass is 15.1. The Morgan fingerprint density at radius 2 is 1.71 bits per heavy atom. The third kappa shape index (κ3) is 3.45. The second kappa shape index (κ2) is 6.31. The Bertz CT molecular complexity index is 601. The van der Waals surface area contributed by atoms with Gasteiger partial charge in [-0.15, -0.1) is 0 Å². The molecule has 0 bridgehead atoms. The molecule has 3 rings (SSSR count). The van der Waals surface area contributed by atoms with Crippen molar-refractivity contribution in [1.29, 1.82) is 0 Å². The van der Waals surface area contributed by atoms with Crippen LogP contribution in [-0.4, -0.2) is 13.6 Å². The average Bonchev–Trinajstić information content (AvgIpc) is 2.49. The summed E-state index contributed by atoms with van der Waals surface area (Å²) in [5.41, 5.74) is 6.95. The molecule has 0 atom stereocenters. The molecule has 0 unspecified atom stereocenters. The molecule has 0 saturated heterocycles. The van der Waals surface area contributed by atoms with Crippen molar-refractivity contribution in [3.05, 3.63) is 64.7 Å². The maximum absolute atomic E-state index is 3.54. The zero-order chi connectivity index (χ0) is 14.7. The number of anilines is 1. The van der Waals surface area contributed by atoms with Gasteiger partial charge in [-0.1, -0.05) is 42.0 Å². The van der Waals surface area contributed by atoms with Gasteiger partial charge >= 0.3 is 0 Å². The molecule has 0 fully saturated rings. The van der Waals surface area contributed by atoms with Crippen LogP contribution in [0.3, 0.4) is 0 Å². The normalized spacial score (nSPS) is 14.1. The topological polar surface area (TPSA) is 15.3 Å². The number of nitrogens with zero attached hydrogens (tertiary/aromatic N) is 1. The van der Waals surface area contributed by atoms with Gasteiger partial charge in [0.15, 0.2) is 0 Å². The van der Waals surface area contributed by atoms with Crippen LogP contribution < -0.4 is 10.2 Å². The number of aryl methyl sites for hydroxylation is 2. The Kier molecular flexibility index (Phi) is 4.26. The first-order valence-corrected chi connectivity index (χ1v) is 7.81. The molecule has 1 aliphatic rings. The first kappa shape index (κ1) is 14.2. The van der Waals surface area contributed by atoms with Crippen LogP contribution >= 0.6 is 0 Å². The number of benzene rings is 2. The third-order valence-electron chi connectivity index (χ3n) is 4.27. The van der Waals surface area contributed by atoms with Crippen molar-refractivity contribution >= 4 is 5.69 Å². The van der Waals surface area contributed by atoms with Crippen molar-refractivity contribution in [3.8, 4) is 0 Å². The summed E-state index contributed by atoms with van der Waals surface area (Å²) in [5.74, 6) is 0. The molecule has 21 heavy (non-hydrogen) atoms. The van der Waals surface area contributed by atoms with Crippen molar-refractivity contribution in [2.24, 2.45) is 0 Å². The minimum Gasteiger partial charge on any atom is -0.374 e. The van der Waals surface area contributed by atoms with Crippen molar-refractivity contribution in [2.45, 2.75) is 32.9 Å². The van der Waals surface area contributed by atoms with Gasteiger partial charge in [0, 0.05) is 32.4 Å². The summed E-state index contributed by atoms with van der Waals surface area (Å²) in [5, 5.41) is 3.54. The van der Waals surface area contributed by atoms with E-state index in [2.05, 4.69) is 66.7 Å². The van der Waals surface area contributed by atoms with Crippen LogP contribution in [0.15, 0.2) is 42.5 Å². The minimum absolute atomic E-state index is 0.928. The van der Waals surface area contributed by atoms with E-state index in [0.717, 1.165) is 13.1 Å². The Hall–Kier alpha value is -1.80. The van der Waals surface area contributed by atoms with E-state index in [0.29, 0.717) is 0 Å². The van der Waals surface area contributed by atoms with Crippen LogP contribution in [-0.2, 0) is 19.5 Å². The molecule has 0 saturated carbocycles. The molecule has 0 amide bonds. The predicted molar refractivity (Wildman–Crippen MR) is 89.8 cm³/mol. The van der Waals surface area contributed by atoms with Gasteiger partial charge in [0.25, 0.3) is 0 Å². The molecule has 2 nitrogen and oxygen atoms in total. The number of rotatable bonds is 4. The van der Waals surface area contributed by atoms with E-state index in [1.165, 1.54) is 47.3 Å². The van der Waals surface area contributed by atoms with Crippen LogP contribution in [0.1, 0.15) is 28.7 Å². The smallest absolute Gasteiger partial charge is 0.0396 e. The van der Waals surface area contributed by atoms with E-state index in [1.807, 2.05) is 0 Å². The highest BCUT2D eigenvalue weighted by Crippen LogP contribution is 2.26. The molecule has 0 aliphatic carbocycles. The van der Waals surface area contributed by atoms with Crippen LogP contribution in [0.5, 0.6) is 0 Å². The molecule has 2 aromatic rings. The van der Waals surface area contributed by atoms with Gasteiger partial charge in [-0.25, -0.2) is 0 Å². The van der Waals surface area contributed by atoms with Crippen LogP contribution in [0, 0.1) is 6.92 Å². The van der Waals surface area contributed by atoms with Crippen LogP contribution in [0.2, 0.25) is 0 Å². The Labute approximate surface area is 127 Å². The summed E-state index contributed by atoms with van der Waals surface area (Å²) in [6.07, 6.45) is 2.48. The average molecular weight is 280 g/mol. The predicted octanol–water partition coefficient (Wildman–Crippen LogP) is 3.67. The van der Waals surface area contributed by atoms with Gasteiger partial charge in [0.1, 0.15) is 0 Å². The number of hydrogen-bond acceptors (Lipinski definition) is 2. The summed E-state index contributed by atoms with van der Waals surface area (Å²) in [6.45, 7) is 5.17. The van der Waals surface area contributed by atoms with Gasteiger partial charge in [-0.2, -0.15) is 0 Å². The lowest BCUT2D eigenvalue weighted by Crippen LogP contribution is -2.24. The maximum Gasteiger partial charge on any atom is 0.0396 e. The fraction of sp³-hybridized carbons (Fsp3) is 0.368. The van der Waals surface area contributed by atoms with Gasteiger partial charge in [-0.05, 0) is 42.5 Å². The quantitative estimate of drug-likeness (QED) is 0.919. The number of hydrogen-bond donors (Lipinski definition) is 1. The maximum atomic E-state index is 3.54. The molecule has 0 spiro atoms. The molecular formula is C19H24N2. The fourth-order valence-corrected chi connectivity index (χ4v) is 3.01. The van der Waals surface area contributed by atoms with Crippen molar-refractivity contribution < 1.29 is 0 Å². The molecule has 2 aromatic carbocycles. The Balaban J connectivity index is 1.59. The van der Waals surface area contributed by atoms with Crippen molar-refractivity contribution in [1.82, 2.24) is 5.32 Å². The van der Waals surface area contributed by atoms with E-state index < -0.39 is 0 Å². The van der Waals surface area contributed by atoms with E-state index in [-0.39, 0.29) is 0 Å². The van der Waals surface area contributed by atoms with Crippen molar-refractivity contribution in [2.75, 3.05) is 18.5 Å². The monoisotopic (exact) mass is 280 g/mol. The SMILES string of the molecule is Cc1ccc(CNCc2ccc3c(c2)CCCN3C)cc1. The van der Waals surface area contributed by atoms with E-state index in [9.17, 15) is 0 Å². The fourth-order valence-electron chi connectivity index (χ4n) is 3.01. The summed E-state index contributed by atoms with van der Waals surface area (Å²) >= 11 is 0. The largest absolute Gasteiger partial charge is 0.374 e. The molecule has 1 heterocycles. The third-order valence-corrected chi connectivity index (χ3v) is 4.27. The lowest BCUT2D eigenvalue weighted by atomic mass is 9.99. The van der Waals surface area contributed by atoms with E-state index in [1.54, 1.807) is 0 Å². The first-order valence-electron chi connectivity index (χ1n) is 7.81. The summed E-state index contributed by atoms with van der Waals surface area (Å²) in [6, 6.07) is 15.6. The Morgan fingerprint density at radius 3 is 2.52 bits per heavy atom. The lowest BCUT2D eigenvalue weighted by molar-refractivity contribution is 0.689. The number of fused-ring (bicyclic) bond motifs is 1. The van der Waals surface area contributed by atoms with Gasteiger partial charge in [0.05, 0.1) is 0 Å². The first-order chi connectivity index (χ1) is 10.2. The minimum atomic E-state index is 0.928. The Morgan fingerprint density at radius 1 is 1.00 bits per heavy atom. The lowest BCUT2D eigenvalue weighted by Gasteiger charge is -2.27. The van der Waals surface area contributed by atoms with E-state index in [4.69, 9.17) is 0 Å². The summed E-state index contributed by atoms with van der Waals surface area (Å²) in [7, 11) is 2.19. The zero-order valence-corrected chi connectivity index (χ0v) is 13.0. The molecule has 2 heteroatoms. The second-order valence-electron chi connectivity index (χ2n) is 6.08. The van der Waals surface area contributed by atoms with Crippen LogP contribution in [0.4, 0.5) is 5.69 Å². The highest BCUT2D eigenvalue weighted by Gasteiger charge is 2.13. The van der Waals surface area contributed by atoms with E-state index >= 15 is 0 Å². The molecular weight excluding hydrogens is 256 g/mol. The molecule has 110 valence electrons. The van der Waals surface area contributed by atoms with Crippen LogP contribution in [0.25, 0.3) is 0 Å². The zero-order valence-electron chi connectivity index (χ0n) is 13.0. The van der Waals surface area contributed by atoms with Crippen molar-refractivity contribution in [3.63, 3.8) is 0 Å². The van der Waals surface area contributed by atoms with Gasteiger partial charge in [-0.3, -0.25) is 0 Å². The highest BCUT2D eigenvalue weighted by molar-refractivity contribution is 5.56. The number of nitrogens with one attached hydrogen (secondary N) is 1. The molecule has 0 radical (unpaired) electrons. The molecule has 1 N–H and O–H groups in total. The van der Waals surface area contributed by atoms with Gasteiger partial charge in [0.2, 0.25) is 0 Å². The van der Waals surface area contributed by atoms with Gasteiger partial charge < -0.3 is 10.2 Å².